The number of aliphatic imine (C=N–C) groups is 1. The van der Waals surface area contributed by atoms with Gasteiger partial charge in [0.2, 0.25) is 11.8 Å². The fraction of sp³-hybridized carbons (Fsp3) is 0.379. The van der Waals surface area contributed by atoms with Crippen molar-refractivity contribution in [2.24, 2.45) is 4.99 Å². The quantitative estimate of drug-likeness (QED) is 0.399. The summed E-state index contributed by atoms with van der Waals surface area (Å²) in [5.41, 5.74) is 2.70. The number of amidine groups is 1. The fourth-order valence-electron chi connectivity index (χ4n) is 4.18. The summed E-state index contributed by atoms with van der Waals surface area (Å²) in [7, 11) is 0. The summed E-state index contributed by atoms with van der Waals surface area (Å²) < 4.78 is 5.89. The van der Waals surface area contributed by atoms with Gasteiger partial charge in [0.15, 0.2) is 0 Å². The van der Waals surface area contributed by atoms with Crippen LogP contribution in [0.3, 0.4) is 0 Å². The van der Waals surface area contributed by atoms with Gasteiger partial charge in [-0.25, -0.2) is 4.98 Å². The first-order valence-corrected chi connectivity index (χ1v) is 13.7. The Kier molecular flexibility index (Phi) is 9.43. The number of piperazine rings is 1. The Morgan fingerprint density at radius 3 is 2.13 bits per heavy atom. The van der Waals surface area contributed by atoms with Crippen molar-refractivity contribution in [1.29, 1.82) is 0 Å². The third-order valence-corrected chi connectivity index (χ3v) is 6.69. The Hall–Kier alpha value is -3.20. The van der Waals surface area contributed by atoms with E-state index in [0.717, 1.165) is 35.6 Å². The zero-order chi connectivity index (χ0) is 28.0. The second-order valence-electron chi connectivity index (χ2n) is 10.3. The smallest absolute Gasteiger partial charge is 0.234 e. The maximum atomic E-state index is 10.3. The van der Waals surface area contributed by atoms with Crippen LogP contribution in [0.15, 0.2) is 59.7 Å². The molecular weight excluding hydrogens is 535 g/mol. The number of ether oxygens (including phenoxy) is 1. The molecular formula is C29H34Cl2N6O2. The Balaban J connectivity index is 0.000000438. The SMILES string of the molecule is CCOc1nc(C(C)(C)C)ncc1C1=NC(c2ccc(Cl)cc2)C(c2ccc(Cl)cc2)N1.O=C1CNCCN1. The van der Waals surface area contributed by atoms with Crippen LogP contribution in [-0.2, 0) is 10.2 Å². The van der Waals surface area contributed by atoms with Crippen molar-refractivity contribution in [3.63, 3.8) is 0 Å². The molecule has 8 nitrogen and oxygen atoms in total. The molecule has 1 aromatic heterocycles. The molecule has 0 radical (unpaired) electrons. The maximum Gasteiger partial charge on any atom is 0.234 e. The van der Waals surface area contributed by atoms with Crippen LogP contribution in [0.5, 0.6) is 5.88 Å². The highest BCUT2D eigenvalue weighted by Gasteiger charge is 2.34. The Bertz CT molecular complexity index is 1300. The lowest BCUT2D eigenvalue weighted by atomic mass is 9.95. The Morgan fingerprint density at radius 1 is 0.974 bits per heavy atom. The largest absolute Gasteiger partial charge is 0.477 e. The molecule has 1 fully saturated rings. The van der Waals surface area contributed by atoms with Crippen LogP contribution in [0.2, 0.25) is 10.0 Å². The molecule has 2 aromatic carbocycles. The van der Waals surface area contributed by atoms with Crippen molar-refractivity contribution in [2.45, 2.75) is 45.2 Å². The second-order valence-corrected chi connectivity index (χ2v) is 11.1. The number of hydrogen-bond donors (Lipinski definition) is 3. The van der Waals surface area contributed by atoms with E-state index >= 15 is 0 Å². The molecule has 39 heavy (non-hydrogen) atoms. The van der Waals surface area contributed by atoms with Gasteiger partial charge in [-0.1, -0.05) is 68.2 Å². The molecule has 0 spiro atoms. The minimum atomic E-state index is -0.188. The Morgan fingerprint density at radius 2 is 1.62 bits per heavy atom. The summed E-state index contributed by atoms with van der Waals surface area (Å²) in [6.45, 7) is 10.9. The molecule has 2 unspecified atom stereocenters. The monoisotopic (exact) mass is 568 g/mol. The highest BCUT2D eigenvalue weighted by molar-refractivity contribution is 6.30. The van der Waals surface area contributed by atoms with Gasteiger partial charge in [-0.05, 0) is 42.3 Å². The molecule has 5 rings (SSSR count). The summed E-state index contributed by atoms with van der Waals surface area (Å²) in [4.78, 5) is 24.6. The summed E-state index contributed by atoms with van der Waals surface area (Å²) >= 11 is 12.2. The first-order chi connectivity index (χ1) is 18.7. The number of aromatic nitrogens is 2. The predicted molar refractivity (Wildman–Crippen MR) is 156 cm³/mol. The average Bonchev–Trinajstić information content (AvgIpc) is 3.35. The molecule has 3 aromatic rings. The van der Waals surface area contributed by atoms with E-state index in [0.29, 0.717) is 34.9 Å². The topological polar surface area (TPSA) is 101 Å². The number of carbonyl (C=O) groups excluding carboxylic acids is 1. The number of carbonyl (C=O) groups is 1. The molecule has 0 aliphatic carbocycles. The molecule has 3 heterocycles. The van der Waals surface area contributed by atoms with E-state index in [1.54, 1.807) is 6.20 Å². The zero-order valence-corrected chi connectivity index (χ0v) is 24.1. The number of hydrogen-bond acceptors (Lipinski definition) is 7. The molecule has 1 amide bonds. The van der Waals surface area contributed by atoms with Crippen molar-refractivity contribution in [2.75, 3.05) is 26.2 Å². The van der Waals surface area contributed by atoms with Crippen LogP contribution in [0, 0.1) is 0 Å². The lowest BCUT2D eigenvalue weighted by Gasteiger charge is -2.20. The number of nitrogens with one attached hydrogen (secondary N) is 3. The number of halogens is 2. The van der Waals surface area contributed by atoms with Gasteiger partial charge in [0, 0.05) is 34.7 Å². The molecule has 1 saturated heterocycles. The number of rotatable bonds is 5. The lowest BCUT2D eigenvalue weighted by molar-refractivity contribution is -0.121. The van der Waals surface area contributed by atoms with E-state index in [1.807, 2.05) is 55.5 Å². The third kappa shape index (κ3) is 7.47. The van der Waals surface area contributed by atoms with Crippen molar-refractivity contribution in [1.82, 2.24) is 25.9 Å². The second kappa shape index (κ2) is 12.8. The van der Waals surface area contributed by atoms with Gasteiger partial charge >= 0.3 is 0 Å². The molecule has 0 bridgehead atoms. The molecule has 3 N–H and O–H groups in total. The van der Waals surface area contributed by atoms with Gasteiger partial charge in [-0.2, -0.15) is 4.98 Å². The van der Waals surface area contributed by atoms with Crippen LogP contribution in [0.4, 0.5) is 0 Å². The Labute approximate surface area is 239 Å². The van der Waals surface area contributed by atoms with Crippen LogP contribution >= 0.6 is 23.2 Å². The summed E-state index contributed by atoms with van der Waals surface area (Å²) in [5, 5.41) is 10.6. The molecule has 2 atom stereocenters. The van der Waals surface area contributed by atoms with Crippen LogP contribution in [0.1, 0.15) is 62.3 Å². The van der Waals surface area contributed by atoms with E-state index in [2.05, 4.69) is 41.7 Å². The maximum absolute atomic E-state index is 10.3. The van der Waals surface area contributed by atoms with E-state index in [-0.39, 0.29) is 23.4 Å². The average molecular weight is 570 g/mol. The minimum Gasteiger partial charge on any atom is -0.477 e. The predicted octanol–water partition coefficient (Wildman–Crippen LogP) is 5.02. The van der Waals surface area contributed by atoms with Crippen LogP contribution < -0.4 is 20.7 Å². The van der Waals surface area contributed by atoms with Gasteiger partial charge in [-0.15, -0.1) is 0 Å². The summed E-state index contributed by atoms with van der Waals surface area (Å²) in [6, 6.07) is 15.4. The lowest BCUT2D eigenvalue weighted by Crippen LogP contribution is -2.44. The van der Waals surface area contributed by atoms with Crippen LogP contribution in [-0.4, -0.2) is 48.0 Å². The normalized spacial score (nSPS) is 18.8. The van der Waals surface area contributed by atoms with Crippen molar-refractivity contribution >= 4 is 34.9 Å². The third-order valence-electron chi connectivity index (χ3n) is 6.19. The van der Waals surface area contributed by atoms with Crippen LogP contribution in [0.25, 0.3) is 0 Å². The molecule has 10 heteroatoms. The fourth-order valence-corrected chi connectivity index (χ4v) is 4.43. The van der Waals surface area contributed by atoms with E-state index in [1.165, 1.54) is 0 Å². The van der Waals surface area contributed by atoms with E-state index < -0.39 is 0 Å². The van der Waals surface area contributed by atoms with E-state index in [9.17, 15) is 4.79 Å². The van der Waals surface area contributed by atoms with Gasteiger partial charge in [0.1, 0.15) is 17.7 Å². The minimum absolute atomic E-state index is 0.0831. The summed E-state index contributed by atoms with van der Waals surface area (Å²) in [6.07, 6.45) is 1.80. The van der Waals surface area contributed by atoms with Gasteiger partial charge < -0.3 is 20.7 Å². The van der Waals surface area contributed by atoms with Gasteiger partial charge in [-0.3, -0.25) is 9.79 Å². The van der Waals surface area contributed by atoms with Crippen molar-refractivity contribution in [3.05, 3.63) is 87.3 Å². The summed E-state index contributed by atoms with van der Waals surface area (Å²) in [5.74, 6) is 2.07. The van der Waals surface area contributed by atoms with E-state index in [4.69, 9.17) is 37.9 Å². The molecule has 206 valence electrons. The first-order valence-electron chi connectivity index (χ1n) is 13.0. The van der Waals surface area contributed by atoms with Gasteiger partial charge in [0.05, 0.1) is 24.8 Å². The molecule has 0 saturated carbocycles. The molecule has 2 aliphatic heterocycles. The first kappa shape index (κ1) is 28.8. The molecule has 2 aliphatic rings. The number of amides is 1. The van der Waals surface area contributed by atoms with Crippen molar-refractivity contribution < 1.29 is 9.53 Å². The van der Waals surface area contributed by atoms with Gasteiger partial charge in [0.25, 0.3) is 0 Å². The highest BCUT2D eigenvalue weighted by atomic mass is 35.5. The number of benzene rings is 2. The van der Waals surface area contributed by atoms with Crippen molar-refractivity contribution in [3.8, 4) is 5.88 Å². The zero-order valence-electron chi connectivity index (χ0n) is 22.6. The standard InChI is InChI=1S/C25H26Cl2N4O.C4H8N2O/c1-5-32-23-19(14-28-24(31-23)25(2,3)4)22-29-20(15-6-10-17(26)11-7-15)21(30-22)16-8-12-18(27)13-9-16;7-4-3-5-1-2-6-4/h6-14,20-21H,5H2,1-4H3,(H,29,30);5H,1-3H2,(H,6,7). The number of nitrogens with zero attached hydrogens (tertiary/aromatic N) is 3. The highest BCUT2D eigenvalue weighted by Crippen LogP contribution is 2.38.